The number of hydrogen-bond donors (Lipinski definition) is 2. The van der Waals surface area contributed by atoms with Gasteiger partial charge in [-0.15, -0.1) is 0 Å². The lowest BCUT2D eigenvalue weighted by molar-refractivity contribution is -0.137. The Bertz CT molecular complexity index is 1350. The monoisotopic (exact) mass is 502 g/mol. The standard InChI is InChI=1S/C25H29F3N6O2/c1-14(17-8-18(25(26,27)28)10-19(9-17)32-15(2)35)31-22-21-11-20(16-6-5-7-33(3)12-16)24(36)34(4)23(21)30-13-29-22/h8-11,13-14,16H,5-7,12H2,1-4H3,(H,32,35)(H,29,30,31). The number of aryl methyl sites for hydroxylation is 1. The lowest BCUT2D eigenvalue weighted by atomic mass is 9.91. The highest BCUT2D eigenvalue weighted by molar-refractivity contribution is 5.89. The van der Waals surface area contributed by atoms with Crippen molar-refractivity contribution in [2.45, 2.75) is 44.8 Å². The first-order valence-corrected chi connectivity index (χ1v) is 11.7. The molecule has 1 aliphatic rings. The molecule has 3 aromatic rings. The van der Waals surface area contributed by atoms with Crippen LogP contribution in [0.1, 0.15) is 55.3 Å². The first-order chi connectivity index (χ1) is 16.9. The number of likely N-dealkylation sites (tertiary alicyclic amines) is 1. The van der Waals surface area contributed by atoms with E-state index >= 15 is 0 Å². The number of nitrogens with zero attached hydrogens (tertiary/aromatic N) is 4. The number of piperidine rings is 1. The van der Waals surface area contributed by atoms with Crippen LogP contribution in [0.25, 0.3) is 11.0 Å². The number of carbonyl (C=O) groups is 1. The van der Waals surface area contributed by atoms with Crippen molar-refractivity contribution in [1.82, 2.24) is 19.4 Å². The van der Waals surface area contributed by atoms with Crippen LogP contribution in [0.3, 0.4) is 0 Å². The minimum atomic E-state index is -4.58. The summed E-state index contributed by atoms with van der Waals surface area (Å²) in [6.45, 7) is 4.69. The number of rotatable bonds is 5. The number of benzene rings is 1. The average molecular weight is 503 g/mol. The molecule has 8 nitrogen and oxygen atoms in total. The van der Waals surface area contributed by atoms with Crippen LogP contribution in [0, 0.1) is 0 Å². The number of carbonyl (C=O) groups excluding carboxylic acids is 1. The molecule has 1 fully saturated rings. The zero-order valence-corrected chi connectivity index (χ0v) is 20.6. The molecule has 36 heavy (non-hydrogen) atoms. The molecule has 0 bridgehead atoms. The van der Waals surface area contributed by atoms with Crippen LogP contribution < -0.4 is 16.2 Å². The second-order valence-electron chi connectivity index (χ2n) is 9.41. The fraction of sp³-hybridized carbons (Fsp3) is 0.440. The Morgan fingerprint density at radius 3 is 2.58 bits per heavy atom. The predicted octanol–water partition coefficient (Wildman–Crippen LogP) is 4.29. The molecule has 2 unspecified atom stereocenters. The van der Waals surface area contributed by atoms with Gasteiger partial charge >= 0.3 is 6.18 Å². The summed E-state index contributed by atoms with van der Waals surface area (Å²) in [4.78, 5) is 35.4. The molecular formula is C25H29F3N6O2. The van der Waals surface area contributed by atoms with Gasteiger partial charge in [0.15, 0.2) is 0 Å². The van der Waals surface area contributed by atoms with Gasteiger partial charge in [-0.1, -0.05) is 0 Å². The minimum Gasteiger partial charge on any atom is -0.363 e. The van der Waals surface area contributed by atoms with Crippen molar-refractivity contribution in [3.63, 3.8) is 0 Å². The van der Waals surface area contributed by atoms with Gasteiger partial charge in [0.05, 0.1) is 17.0 Å². The van der Waals surface area contributed by atoms with Crippen molar-refractivity contribution in [1.29, 1.82) is 0 Å². The molecule has 0 aliphatic carbocycles. The van der Waals surface area contributed by atoms with Gasteiger partial charge in [-0.05, 0) is 63.2 Å². The van der Waals surface area contributed by atoms with Gasteiger partial charge in [-0.25, -0.2) is 9.97 Å². The fourth-order valence-electron chi connectivity index (χ4n) is 4.75. The maximum absolute atomic E-state index is 13.5. The SMILES string of the molecule is CC(=O)Nc1cc(C(C)Nc2ncnc3c2cc(C2CCCN(C)C2)c(=O)n3C)cc(C(F)(F)F)c1. The third kappa shape index (κ3) is 5.35. The Kier molecular flexibility index (Phi) is 7.03. The van der Waals surface area contributed by atoms with Crippen LogP contribution in [0.15, 0.2) is 35.4 Å². The van der Waals surface area contributed by atoms with E-state index in [1.165, 1.54) is 23.9 Å². The number of alkyl halides is 3. The molecule has 1 amide bonds. The van der Waals surface area contributed by atoms with E-state index in [4.69, 9.17) is 0 Å². The smallest absolute Gasteiger partial charge is 0.363 e. The van der Waals surface area contributed by atoms with Crippen molar-refractivity contribution in [2.24, 2.45) is 7.05 Å². The largest absolute Gasteiger partial charge is 0.416 e. The summed E-state index contributed by atoms with van der Waals surface area (Å²) >= 11 is 0. The number of anilines is 2. The molecule has 3 heterocycles. The number of aromatic nitrogens is 3. The lowest BCUT2D eigenvalue weighted by Crippen LogP contribution is -2.34. The first-order valence-electron chi connectivity index (χ1n) is 11.7. The molecule has 1 saturated heterocycles. The van der Waals surface area contributed by atoms with Gasteiger partial charge in [0.2, 0.25) is 5.91 Å². The van der Waals surface area contributed by atoms with Gasteiger partial charge in [0.1, 0.15) is 17.8 Å². The Balaban J connectivity index is 1.75. The van der Waals surface area contributed by atoms with Gasteiger partial charge in [-0.2, -0.15) is 13.2 Å². The van der Waals surface area contributed by atoms with Crippen molar-refractivity contribution in [3.8, 4) is 0 Å². The highest BCUT2D eigenvalue weighted by Crippen LogP contribution is 2.35. The molecule has 0 spiro atoms. The van der Waals surface area contributed by atoms with E-state index < -0.39 is 23.7 Å². The second kappa shape index (κ2) is 9.88. The molecule has 1 aliphatic heterocycles. The summed E-state index contributed by atoms with van der Waals surface area (Å²) in [6.07, 6.45) is -1.37. The number of likely N-dealkylation sites (N-methyl/N-ethyl adjacent to an activating group) is 1. The number of halogens is 3. The number of pyridine rings is 1. The van der Waals surface area contributed by atoms with Crippen LogP contribution >= 0.6 is 0 Å². The highest BCUT2D eigenvalue weighted by atomic mass is 19.4. The van der Waals surface area contributed by atoms with Crippen molar-refractivity contribution < 1.29 is 18.0 Å². The highest BCUT2D eigenvalue weighted by Gasteiger charge is 2.32. The summed E-state index contributed by atoms with van der Waals surface area (Å²) in [5.74, 6) is 0.0116. The van der Waals surface area contributed by atoms with Crippen LogP contribution in [0.4, 0.5) is 24.7 Å². The van der Waals surface area contributed by atoms with Crippen molar-refractivity contribution in [2.75, 3.05) is 30.8 Å². The van der Waals surface area contributed by atoms with Crippen LogP contribution in [-0.4, -0.2) is 45.5 Å². The topological polar surface area (TPSA) is 92.2 Å². The maximum atomic E-state index is 13.5. The van der Waals surface area contributed by atoms with Crippen LogP contribution in [0.5, 0.6) is 0 Å². The summed E-state index contributed by atoms with van der Waals surface area (Å²) in [5, 5.41) is 6.24. The Hall–Kier alpha value is -3.47. The van der Waals surface area contributed by atoms with E-state index in [-0.39, 0.29) is 17.2 Å². The average Bonchev–Trinajstić information content (AvgIpc) is 2.80. The van der Waals surface area contributed by atoms with Gasteiger partial charge in [0, 0.05) is 37.7 Å². The molecule has 2 atom stereocenters. The molecule has 0 saturated carbocycles. The third-order valence-electron chi connectivity index (χ3n) is 6.55. The van der Waals surface area contributed by atoms with E-state index in [1.54, 1.807) is 14.0 Å². The Labute approximate surface area is 206 Å². The van der Waals surface area contributed by atoms with Gasteiger partial charge in [-0.3, -0.25) is 14.2 Å². The molecule has 192 valence electrons. The molecule has 2 aromatic heterocycles. The molecule has 2 N–H and O–H groups in total. The fourth-order valence-corrected chi connectivity index (χ4v) is 4.75. The summed E-state index contributed by atoms with van der Waals surface area (Å²) in [6, 6.07) is 4.66. The van der Waals surface area contributed by atoms with E-state index in [9.17, 15) is 22.8 Å². The quantitative estimate of drug-likeness (QED) is 0.541. The van der Waals surface area contributed by atoms with Crippen LogP contribution in [-0.2, 0) is 18.0 Å². The minimum absolute atomic E-state index is 0.0552. The molecule has 11 heteroatoms. The molecule has 4 rings (SSSR count). The van der Waals surface area contributed by atoms with Crippen molar-refractivity contribution in [3.05, 3.63) is 57.6 Å². The van der Waals surface area contributed by atoms with E-state index in [2.05, 4.69) is 25.5 Å². The van der Waals surface area contributed by atoms with Crippen molar-refractivity contribution >= 4 is 28.4 Å². The Morgan fingerprint density at radius 1 is 1.17 bits per heavy atom. The lowest BCUT2D eigenvalue weighted by Gasteiger charge is -2.30. The van der Waals surface area contributed by atoms with E-state index in [1.807, 2.05) is 13.1 Å². The molecule has 0 radical (unpaired) electrons. The Morgan fingerprint density at radius 2 is 1.92 bits per heavy atom. The van der Waals surface area contributed by atoms with E-state index in [0.29, 0.717) is 28.0 Å². The first kappa shape index (κ1) is 25.6. The third-order valence-corrected chi connectivity index (χ3v) is 6.55. The van der Waals surface area contributed by atoms with Gasteiger partial charge < -0.3 is 15.5 Å². The van der Waals surface area contributed by atoms with E-state index in [0.717, 1.165) is 38.1 Å². The summed E-state index contributed by atoms with van der Waals surface area (Å²) in [7, 11) is 3.69. The number of amides is 1. The number of fused-ring (bicyclic) bond motifs is 1. The number of nitrogens with one attached hydrogen (secondary N) is 2. The zero-order valence-electron chi connectivity index (χ0n) is 20.6. The molecular weight excluding hydrogens is 473 g/mol. The summed E-state index contributed by atoms with van der Waals surface area (Å²) < 4.78 is 42.1. The summed E-state index contributed by atoms with van der Waals surface area (Å²) in [5.41, 5.74) is 0.503. The molecule has 1 aromatic carbocycles. The maximum Gasteiger partial charge on any atom is 0.416 e. The zero-order chi connectivity index (χ0) is 26.2. The second-order valence-corrected chi connectivity index (χ2v) is 9.41. The number of hydrogen-bond acceptors (Lipinski definition) is 6. The normalized spacial score (nSPS) is 17.7. The van der Waals surface area contributed by atoms with Crippen LogP contribution in [0.2, 0.25) is 0 Å². The van der Waals surface area contributed by atoms with Gasteiger partial charge in [0.25, 0.3) is 5.56 Å². The predicted molar refractivity (Wildman–Crippen MR) is 132 cm³/mol.